The van der Waals surface area contributed by atoms with E-state index in [2.05, 4.69) is 112 Å². The van der Waals surface area contributed by atoms with Crippen LogP contribution >= 0.6 is 11.3 Å². The molecule has 1 nitrogen and oxygen atoms in total. The van der Waals surface area contributed by atoms with Gasteiger partial charge in [0.2, 0.25) is 0 Å². The van der Waals surface area contributed by atoms with Crippen molar-refractivity contribution in [2.45, 2.75) is 26.2 Å². The minimum Gasteiger partial charge on any atom is -0.237 e. The molecule has 0 aliphatic rings. The predicted molar refractivity (Wildman–Crippen MR) is 135 cm³/mol. The second-order valence-corrected chi connectivity index (χ2v) is 10.0. The Hall–Kier alpha value is -3.23. The van der Waals surface area contributed by atoms with E-state index in [-0.39, 0.29) is 5.41 Å². The van der Waals surface area contributed by atoms with Crippen molar-refractivity contribution in [1.29, 1.82) is 0 Å². The standard InChI is InChI=1S/C29H25NS/c1-29(2,3)25-15-12-21(13-16-25)27-19-24-14-17-26(30-28(24)31-27)23-11-7-10-22(18-23)20-8-5-4-6-9-20/h4-19H,1-3H3. The number of hydrogen-bond acceptors (Lipinski definition) is 2. The lowest BCUT2D eigenvalue weighted by Gasteiger charge is -2.18. The Kier molecular flexibility index (Phi) is 4.95. The van der Waals surface area contributed by atoms with Crippen LogP contribution in [-0.2, 0) is 5.41 Å². The van der Waals surface area contributed by atoms with Crippen molar-refractivity contribution in [2.24, 2.45) is 0 Å². The molecule has 3 aromatic carbocycles. The molecule has 0 fully saturated rings. The number of hydrogen-bond donors (Lipinski definition) is 0. The molecule has 0 saturated heterocycles. The van der Waals surface area contributed by atoms with Gasteiger partial charge in [0.15, 0.2) is 0 Å². The molecule has 2 aromatic heterocycles. The van der Waals surface area contributed by atoms with Crippen molar-refractivity contribution in [3.63, 3.8) is 0 Å². The quantitative estimate of drug-likeness (QED) is 0.285. The van der Waals surface area contributed by atoms with Gasteiger partial charge in [0.25, 0.3) is 0 Å². The SMILES string of the molecule is CC(C)(C)c1ccc(-c2cc3ccc(-c4cccc(-c5ccccc5)c4)nc3s2)cc1. The van der Waals surface area contributed by atoms with Gasteiger partial charge >= 0.3 is 0 Å². The third-order valence-corrected chi connectivity index (χ3v) is 6.78. The zero-order valence-corrected chi connectivity index (χ0v) is 18.9. The van der Waals surface area contributed by atoms with Crippen molar-refractivity contribution in [3.8, 4) is 32.8 Å². The summed E-state index contributed by atoms with van der Waals surface area (Å²) >= 11 is 1.76. The zero-order valence-electron chi connectivity index (χ0n) is 18.1. The number of nitrogens with zero attached hydrogens (tertiary/aromatic N) is 1. The van der Waals surface area contributed by atoms with Gasteiger partial charge in [0.1, 0.15) is 4.83 Å². The highest BCUT2D eigenvalue weighted by Gasteiger charge is 2.14. The monoisotopic (exact) mass is 419 g/mol. The Labute approximate surface area is 188 Å². The van der Waals surface area contributed by atoms with Crippen LogP contribution in [0, 0.1) is 0 Å². The third kappa shape index (κ3) is 4.04. The topological polar surface area (TPSA) is 12.9 Å². The van der Waals surface area contributed by atoms with Gasteiger partial charge in [-0.25, -0.2) is 4.98 Å². The Bertz CT molecular complexity index is 1340. The lowest BCUT2D eigenvalue weighted by Crippen LogP contribution is -2.10. The first-order valence-electron chi connectivity index (χ1n) is 10.6. The minimum atomic E-state index is 0.170. The van der Waals surface area contributed by atoms with E-state index in [0.29, 0.717) is 0 Å². The van der Waals surface area contributed by atoms with E-state index in [1.807, 2.05) is 6.07 Å². The first kappa shape index (κ1) is 19.7. The van der Waals surface area contributed by atoms with Crippen LogP contribution < -0.4 is 0 Å². The molecule has 0 N–H and O–H groups in total. The molecule has 0 unspecified atom stereocenters. The fourth-order valence-corrected chi connectivity index (χ4v) is 4.88. The molecule has 2 heterocycles. The van der Waals surface area contributed by atoms with Gasteiger partial charge in [-0.3, -0.25) is 0 Å². The van der Waals surface area contributed by atoms with Gasteiger partial charge in [-0.15, -0.1) is 11.3 Å². The van der Waals surface area contributed by atoms with Crippen LogP contribution in [-0.4, -0.2) is 4.98 Å². The van der Waals surface area contributed by atoms with Crippen molar-refractivity contribution >= 4 is 21.6 Å². The van der Waals surface area contributed by atoms with Crippen LogP contribution in [0.2, 0.25) is 0 Å². The number of pyridine rings is 1. The average molecular weight is 420 g/mol. The van der Waals surface area contributed by atoms with Crippen LogP contribution in [0.5, 0.6) is 0 Å². The molecule has 0 saturated carbocycles. The average Bonchev–Trinajstić information content (AvgIpc) is 3.23. The molecular weight excluding hydrogens is 394 g/mol. The van der Waals surface area contributed by atoms with Crippen LogP contribution in [0.1, 0.15) is 26.3 Å². The second-order valence-electron chi connectivity index (χ2n) is 8.98. The van der Waals surface area contributed by atoms with Gasteiger partial charge in [-0.05, 0) is 51.9 Å². The highest BCUT2D eigenvalue weighted by Crippen LogP contribution is 2.35. The second kappa shape index (κ2) is 7.79. The molecule has 152 valence electrons. The lowest BCUT2D eigenvalue weighted by molar-refractivity contribution is 0.590. The van der Waals surface area contributed by atoms with Gasteiger partial charge < -0.3 is 0 Å². The molecule has 0 aliphatic heterocycles. The van der Waals surface area contributed by atoms with E-state index in [1.165, 1.54) is 32.5 Å². The summed E-state index contributed by atoms with van der Waals surface area (Å²) in [4.78, 5) is 7.34. The summed E-state index contributed by atoms with van der Waals surface area (Å²) in [5.74, 6) is 0. The number of fused-ring (bicyclic) bond motifs is 1. The Morgan fingerprint density at radius 2 is 1.32 bits per heavy atom. The molecule has 5 rings (SSSR count). The van der Waals surface area contributed by atoms with E-state index >= 15 is 0 Å². The lowest BCUT2D eigenvalue weighted by atomic mass is 9.86. The van der Waals surface area contributed by atoms with Crippen molar-refractivity contribution in [1.82, 2.24) is 4.98 Å². The maximum Gasteiger partial charge on any atom is 0.124 e. The molecule has 0 radical (unpaired) electrons. The summed E-state index contributed by atoms with van der Waals surface area (Å²) in [5.41, 5.74) is 7.38. The normalized spacial score (nSPS) is 11.7. The van der Waals surface area contributed by atoms with Crippen LogP contribution in [0.25, 0.3) is 43.0 Å². The number of rotatable bonds is 3. The Morgan fingerprint density at radius 1 is 0.613 bits per heavy atom. The van der Waals surface area contributed by atoms with E-state index in [4.69, 9.17) is 4.98 Å². The van der Waals surface area contributed by atoms with E-state index < -0.39 is 0 Å². The zero-order chi connectivity index (χ0) is 21.4. The molecule has 31 heavy (non-hydrogen) atoms. The molecule has 0 amide bonds. The molecule has 0 spiro atoms. The summed E-state index contributed by atoms with van der Waals surface area (Å²) < 4.78 is 0. The van der Waals surface area contributed by atoms with Gasteiger partial charge in [0.05, 0.1) is 5.69 Å². The molecule has 2 heteroatoms. The van der Waals surface area contributed by atoms with Crippen LogP contribution in [0.15, 0.2) is 97.1 Å². The smallest absolute Gasteiger partial charge is 0.124 e. The van der Waals surface area contributed by atoms with Crippen molar-refractivity contribution < 1.29 is 0 Å². The Morgan fingerprint density at radius 3 is 2.06 bits per heavy atom. The largest absolute Gasteiger partial charge is 0.237 e. The number of thiophene rings is 1. The van der Waals surface area contributed by atoms with Crippen molar-refractivity contribution in [3.05, 3.63) is 103 Å². The van der Waals surface area contributed by atoms with Gasteiger partial charge in [-0.1, -0.05) is 93.6 Å². The summed E-state index contributed by atoms with van der Waals surface area (Å²) in [6.07, 6.45) is 0. The van der Waals surface area contributed by atoms with E-state index in [9.17, 15) is 0 Å². The molecule has 0 atom stereocenters. The Balaban J connectivity index is 1.49. The highest BCUT2D eigenvalue weighted by molar-refractivity contribution is 7.21. The molecule has 5 aromatic rings. The van der Waals surface area contributed by atoms with Gasteiger partial charge in [-0.2, -0.15) is 0 Å². The van der Waals surface area contributed by atoms with Crippen LogP contribution in [0.4, 0.5) is 0 Å². The number of aromatic nitrogens is 1. The molecule has 0 aliphatic carbocycles. The van der Waals surface area contributed by atoms with Crippen molar-refractivity contribution in [2.75, 3.05) is 0 Å². The summed E-state index contributed by atoms with van der Waals surface area (Å²) in [6, 6.07) is 34.6. The van der Waals surface area contributed by atoms with E-state index in [0.717, 1.165) is 16.1 Å². The molecular formula is C29H25NS. The molecule has 0 bridgehead atoms. The summed E-state index contributed by atoms with van der Waals surface area (Å²) in [6.45, 7) is 6.75. The maximum absolute atomic E-state index is 5.00. The van der Waals surface area contributed by atoms with Crippen LogP contribution in [0.3, 0.4) is 0 Å². The predicted octanol–water partition coefficient (Wildman–Crippen LogP) is 8.59. The fourth-order valence-electron chi connectivity index (χ4n) is 3.84. The third-order valence-electron chi connectivity index (χ3n) is 5.68. The summed E-state index contributed by atoms with van der Waals surface area (Å²) in [7, 11) is 0. The highest BCUT2D eigenvalue weighted by atomic mass is 32.1. The maximum atomic E-state index is 5.00. The van der Waals surface area contributed by atoms with Gasteiger partial charge in [0, 0.05) is 15.8 Å². The summed E-state index contributed by atoms with van der Waals surface area (Å²) in [5, 5.41) is 1.20. The number of benzene rings is 3. The first-order chi connectivity index (χ1) is 15.0. The fraction of sp³-hybridized carbons (Fsp3) is 0.138. The first-order valence-corrected chi connectivity index (χ1v) is 11.5. The minimum absolute atomic E-state index is 0.170. The van der Waals surface area contributed by atoms with E-state index in [1.54, 1.807) is 11.3 Å².